The van der Waals surface area contributed by atoms with Gasteiger partial charge in [0.05, 0.1) is 11.3 Å². The van der Waals surface area contributed by atoms with Crippen LogP contribution in [0.15, 0.2) is 17.5 Å². The largest absolute Gasteiger partial charge is 0.481 e. The summed E-state index contributed by atoms with van der Waals surface area (Å²) in [5.41, 5.74) is -0.574. The molecular formula is C16H21NO3S. The van der Waals surface area contributed by atoms with E-state index in [1.54, 1.807) is 16.2 Å². The highest BCUT2D eigenvalue weighted by Gasteiger charge is 2.49. The highest BCUT2D eigenvalue weighted by atomic mass is 32.1. The number of hydrogen-bond donors (Lipinski definition) is 1. The van der Waals surface area contributed by atoms with E-state index in [1.165, 1.54) is 0 Å². The fraction of sp³-hybridized carbons (Fsp3) is 0.625. The standard InChI is InChI=1S/C16H21NO3S/c1-16(2,13-4-3-7-21-13)15(20)17-8-11(10-5-6-10)12(9-17)14(18)19/h3-4,7,10-12H,5-6,8-9H2,1-2H3,(H,18,19)/t11-,12+/m1/s1. The van der Waals surface area contributed by atoms with Crippen molar-refractivity contribution in [3.63, 3.8) is 0 Å². The normalized spacial score (nSPS) is 26.1. The second kappa shape index (κ2) is 5.13. The maximum absolute atomic E-state index is 12.9. The minimum atomic E-state index is -0.754. The van der Waals surface area contributed by atoms with Gasteiger partial charge in [0.25, 0.3) is 0 Å². The molecule has 1 amide bonds. The molecule has 1 aliphatic carbocycles. The van der Waals surface area contributed by atoms with Crippen LogP contribution < -0.4 is 0 Å². The van der Waals surface area contributed by atoms with Crippen LogP contribution in [-0.2, 0) is 15.0 Å². The van der Waals surface area contributed by atoms with E-state index in [1.807, 2.05) is 31.4 Å². The van der Waals surface area contributed by atoms with E-state index >= 15 is 0 Å². The molecule has 21 heavy (non-hydrogen) atoms. The van der Waals surface area contributed by atoms with E-state index in [0.29, 0.717) is 19.0 Å². The predicted octanol–water partition coefficient (Wildman–Crippen LogP) is 2.59. The number of carboxylic acid groups (broad SMARTS) is 1. The Morgan fingerprint density at radius 1 is 1.33 bits per heavy atom. The highest BCUT2D eigenvalue weighted by Crippen LogP contribution is 2.45. The minimum absolute atomic E-state index is 0.0550. The average molecular weight is 307 g/mol. The number of likely N-dealkylation sites (tertiary alicyclic amines) is 1. The lowest BCUT2D eigenvalue weighted by molar-refractivity contribution is -0.143. The van der Waals surface area contributed by atoms with Gasteiger partial charge in [-0.25, -0.2) is 0 Å². The number of rotatable bonds is 4. The first kappa shape index (κ1) is 14.6. The summed E-state index contributed by atoms with van der Waals surface area (Å²) in [5.74, 6) is -0.435. The van der Waals surface area contributed by atoms with Crippen LogP contribution in [0.3, 0.4) is 0 Å². The first-order chi connectivity index (χ1) is 9.91. The van der Waals surface area contributed by atoms with Crippen molar-refractivity contribution in [1.29, 1.82) is 0 Å². The van der Waals surface area contributed by atoms with Gasteiger partial charge in [0.2, 0.25) is 5.91 Å². The van der Waals surface area contributed by atoms with Crippen molar-refractivity contribution < 1.29 is 14.7 Å². The molecule has 1 saturated heterocycles. The Balaban J connectivity index is 1.78. The molecule has 1 aliphatic heterocycles. The average Bonchev–Trinajstić information content (AvgIpc) is 2.96. The van der Waals surface area contributed by atoms with E-state index in [2.05, 4.69) is 0 Å². The first-order valence-corrected chi connectivity index (χ1v) is 8.35. The minimum Gasteiger partial charge on any atom is -0.481 e. The number of hydrogen-bond acceptors (Lipinski definition) is 3. The molecule has 2 fully saturated rings. The van der Waals surface area contributed by atoms with Gasteiger partial charge in [-0.2, -0.15) is 0 Å². The van der Waals surface area contributed by atoms with Crippen LogP contribution in [0.4, 0.5) is 0 Å². The molecule has 1 N–H and O–H groups in total. The van der Waals surface area contributed by atoms with Crippen molar-refractivity contribution in [3.05, 3.63) is 22.4 Å². The molecule has 0 unspecified atom stereocenters. The van der Waals surface area contributed by atoms with Crippen molar-refractivity contribution in [2.45, 2.75) is 32.1 Å². The highest BCUT2D eigenvalue weighted by molar-refractivity contribution is 7.10. The molecule has 1 aromatic rings. The zero-order chi connectivity index (χ0) is 15.2. The molecule has 3 rings (SSSR count). The second-order valence-electron chi connectivity index (χ2n) is 6.76. The molecule has 0 radical (unpaired) electrons. The van der Waals surface area contributed by atoms with Gasteiger partial charge in [-0.1, -0.05) is 6.07 Å². The van der Waals surface area contributed by atoms with E-state index in [4.69, 9.17) is 0 Å². The Hall–Kier alpha value is -1.36. The quantitative estimate of drug-likeness (QED) is 0.930. The van der Waals surface area contributed by atoms with E-state index in [0.717, 1.165) is 17.7 Å². The van der Waals surface area contributed by atoms with Gasteiger partial charge in [0.1, 0.15) is 0 Å². The zero-order valence-electron chi connectivity index (χ0n) is 12.4. The van der Waals surface area contributed by atoms with Crippen molar-refractivity contribution >= 4 is 23.2 Å². The van der Waals surface area contributed by atoms with Crippen LogP contribution in [0.1, 0.15) is 31.6 Å². The summed E-state index contributed by atoms with van der Waals surface area (Å²) in [4.78, 5) is 27.1. The van der Waals surface area contributed by atoms with Crippen molar-refractivity contribution in [2.24, 2.45) is 17.8 Å². The summed E-state index contributed by atoms with van der Waals surface area (Å²) >= 11 is 1.58. The molecule has 0 aromatic carbocycles. The third kappa shape index (κ3) is 2.59. The number of carbonyl (C=O) groups excluding carboxylic acids is 1. The monoisotopic (exact) mass is 307 g/mol. The maximum Gasteiger partial charge on any atom is 0.308 e. The molecule has 1 aromatic heterocycles. The summed E-state index contributed by atoms with van der Waals surface area (Å²) in [7, 11) is 0. The maximum atomic E-state index is 12.9. The van der Waals surface area contributed by atoms with Gasteiger partial charge in [-0.15, -0.1) is 11.3 Å². The molecule has 114 valence electrons. The Bertz CT molecular complexity index is 548. The molecule has 0 spiro atoms. The molecule has 1 saturated carbocycles. The number of carbonyl (C=O) groups is 2. The summed E-state index contributed by atoms with van der Waals surface area (Å²) in [6.07, 6.45) is 2.23. The lowest BCUT2D eigenvalue weighted by atomic mass is 9.89. The topological polar surface area (TPSA) is 57.6 Å². The summed E-state index contributed by atoms with van der Waals surface area (Å²) in [6, 6.07) is 3.93. The van der Waals surface area contributed by atoms with Gasteiger partial charge in [-0.3, -0.25) is 9.59 Å². The Labute approximate surface area is 128 Å². The number of amides is 1. The number of carboxylic acids is 1. The summed E-state index contributed by atoms with van der Waals surface area (Å²) in [6.45, 7) is 4.84. The molecule has 2 atom stereocenters. The smallest absolute Gasteiger partial charge is 0.308 e. The van der Waals surface area contributed by atoms with Crippen LogP contribution in [0.2, 0.25) is 0 Å². The van der Waals surface area contributed by atoms with Gasteiger partial charge < -0.3 is 10.0 Å². The molecule has 2 heterocycles. The lowest BCUT2D eigenvalue weighted by Gasteiger charge is -2.28. The summed E-state index contributed by atoms with van der Waals surface area (Å²) < 4.78 is 0. The third-order valence-corrected chi connectivity index (χ3v) is 6.06. The Kier molecular flexibility index (Phi) is 3.56. The summed E-state index contributed by atoms with van der Waals surface area (Å²) in [5, 5.41) is 11.4. The van der Waals surface area contributed by atoms with Gasteiger partial charge in [0, 0.05) is 18.0 Å². The predicted molar refractivity (Wildman–Crippen MR) is 81.3 cm³/mol. The Morgan fingerprint density at radius 3 is 2.57 bits per heavy atom. The molecular weight excluding hydrogens is 286 g/mol. The first-order valence-electron chi connectivity index (χ1n) is 7.47. The zero-order valence-corrected chi connectivity index (χ0v) is 13.2. The third-order valence-electron chi connectivity index (χ3n) is 4.87. The Morgan fingerprint density at radius 2 is 2.05 bits per heavy atom. The van der Waals surface area contributed by atoms with Crippen molar-refractivity contribution in [2.75, 3.05) is 13.1 Å². The van der Waals surface area contributed by atoms with Crippen LogP contribution in [-0.4, -0.2) is 35.0 Å². The molecule has 4 nitrogen and oxygen atoms in total. The van der Waals surface area contributed by atoms with Gasteiger partial charge in [0.15, 0.2) is 0 Å². The van der Waals surface area contributed by atoms with Gasteiger partial charge in [-0.05, 0) is 50.0 Å². The number of aliphatic carboxylic acids is 1. The van der Waals surface area contributed by atoms with Crippen LogP contribution in [0.5, 0.6) is 0 Å². The van der Waals surface area contributed by atoms with Crippen molar-refractivity contribution in [3.8, 4) is 0 Å². The number of thiophene rings is 1. The van der Waals surface area contributed by atoms with Crippen molar-refractivity contribution in [1.82, 2.24) is 4.90 Å². The van der Waals surface area contributed by atoms with E-state index in [-0.39, 0.29) is 17.7 Å². The lowest BCUT2D eigenvalue weighted by Crippen LogP contribution is -2.42. The van der Waals surface area contributed by atoms with E-state index < -0.39 is 11.4 Å². The molecule has 2 aliphatic rings. The fourth-order valence-corrected chi connectivity index (χ4v) is 4.24. The fourth-order valence-electron chi connectivity index (χ4n) is 3.39. The van der Waals surface area contributed by atoms with Gasteiger partial charge >= 0.3 is 5.97 Å². The van der Waals surface area contributed by atoms with E-state index in [9.17, 15) is 14.7 Å². The number of nitrogens with zero attached hydrogens (tertiary/aromatic N) is 1. The van der Waals surface area contributed by atoms with Crippen LogP contribution >= 0.6 is 11.3 Å². The SMILES string of the molecule is CC(C)(C(=O)N1C[C@H](C(=O)O)[C@@H](C2CC2)C1)c1cccs1. The van der Waals surface area contributed by atoms with Crippen LogP contribution in [0, 0.1) is 17.8 Å². The molecule has 5 heteroatoms. The second-order valence-corrected chi connectivity index (χ2v) is 7.71. The van der Waals surface area contributed by atoms with Crippen LogP contribution in [0.25, 0.3) is 0 Å². The molecule has 0 bridgehead atoms.